The Balaban J connectivity index is 2.00. The van der Waals surface area contributed by atoms with Gasteiger partial charge in [-0.2, -0.15) is 0 Å². The molecular formula is C16H19NO. The van der Waals surface area contributed by atoms with Gasteiger partial charge in [0, 0.05) is 11.5 Å². The van der Waals surface area contributed by atoms with E-state index in [4.69, 9.17) is 4.42 Å². The smallest absolute Gasteiger partial charge is 0.111 e. The monoisotopic (exact) mass is 241 g/mol. The van der Waals surface area contributed by atoms with Crippen LogP contribution >= 0.6 is 0 Å². The Morgan fingerprint density at radius 2 is 1.94 bits per heavy atom. The molecule has 1 saturated heterocycles. The second-order valence-electron chi connectivity index (χ2n) is 5.38. The predicted molar refractivity (Wildman–Crippen MR) is 72.6 cm³/mol. The molecule has 2 atom stereocenters. The van der Waals surface area contributed by atoms with E-state index in [0.29, 0.717) is 6.04 Å². The molecule has 2 unspecified atom stereocenters. The summed E-state index contributed by atoms with van der Waals surface area (Å²) in [6.45, 7) is 5.34. The van der Waals surface area contributed by atoms with Gasteiger partial charge in [-0.1, -0.05) is 37.3 Å². The third-order valence-corrected chi connectivity index (χ3v) is 4.07. The maximum Gasteiger partial charge on any atom is 0.111 e. The number of rotatable bonds is 2. The first-order valence-corrected chi connectivity index (χ1v) is 6.55. The topological polar surface area (TPSA) is 25.2 Å². The molecular weight excluding hydrogens is 222 g/mol. The van der Waals surface area contributed by atoms with Gasteiger partial charge >= 0.3 is 0 Å². The number of furan rings is 1. The van der Waals surface area contributed by atoms with Crippen LogP contribution in [-0.2, 0) is 5.41 Å². The molecule has 18 heavy (non-hydrogen) atoms. The maximum absolute atomic E-state index is 5.88. The number of hydrogen-bond donors (Lipinski definition) is 1. The summed E-state index contributed by atoms with van der Waals surface area (Å²) in [6.07, 6.45) is 1.11. The summed E-state index contributed by atoms with van der Waals surface area (Å²) in [5.41, 5.74) is 1.39. The van der Waals surface area contributed by atoms with Crippen molar-refractivity contribution in [1.29, 1.82) is 0 Å². The van der Waals surface area contributed by atoms with Gasteiger partial charge in [0.1, 0.15) is 11.5 Å². The highest BCUT2D eigenvalue weighted by atomic mass is 16.3. The lowest BCUT2D eigenvalue weighted by molar-refractivity contribution is 0.320. The van der Waals surface area contributed by atoms with Crippen LogP contribution in [0.4, 0.5) is 0 Å². The van der Waals surface area contributed by atoms with Gasteiger partial charge in [-0.05, 0) is 37.6 Å². The Bertz CT molecular complexity index is 531. The van der Waals surface area contributed by atoms with E-state index in [9.17, 15) is 0 Å². The fourth-order valence-electron chi connectivity index (χ4n) is 2.98. The predicted octanol–water partition coefficient (Wildman–Crippen LogP) is 3.58. The Kier molecular flexibility index (Phi) is 2.75. The lowest BCUT2D eigenvalue weighted by Gasteiger charge is -2.29. The average molecular weight is 241 g/mol. The van der Waals surface area contributed by atoms with E-state index in [-0.39, 0.29) is 5.41 Å². The van der Waals surface area contributed by atoms with Gasteiger partial charge in [0.15, 0.2) is 0 Å². The van der Waals surface area contributed by atoms with Gasteiger partial charge < -0.3 is 9.73 Å². The van der Waals surface area contributed by atoms with Crippen LogP contribution in [0.15, 0.2) is 46.9 Å². The number of nitrogens with one attached hydrogen (secondary N) is 1. The third-order valence-electron chi connectivity index (χ3n) is 4.07. The zero-order chi connectivity index (χ0) is 12.6. The highest BCUT2D eigenvalue weighted by Crippen LogP contribution is 2.44. The molecule has 2 nitrogen and oxygen atoms in total. The van der Waals surface area contributed by atoms with Crippen molar-refractivity contribution >= 4 is 0 Å². The zero-order valence-corrected chi connectivity index (χ0v) is 10.9. The second-order valence-corrected chi connectivity index (χ2v) is 5.38. The standard InChI is InChI=1S/C16H19NO/c1-12-8-9-14(18-12)16(2)10-11-17-15(16)13-6-4-3-5-7-13/h3-9,15,17H,10-11H2,1-2H3. The van der Waals surface area contributed by atoms with Crippen LogP contribution in [0.1, 0.15) is 36.5 Å². The average Bonchev–Trinajstić information content (AvgIpc) is 2.98. The van der Waals surface area contributed by atoms with Crippen molar-refractivity contribution in [2.45, 2.75) is 31.7 Å². The molecule has 1 aromatic carbocycles. The minimum atomic E-state index is 0.0512. The largest absolute Gasteiger partial charge is 0.466 e. The van der Waals surface area contributed by atoms with Crippen molar-refractivity contribution in [3.8, 4) is 0 Å². The maximum atomic E-state index is 5.88. The van der Waals surface area contributed by atoms with E-state index < -0.39 is 0 Å². The molecule has 0 aliphatic carbocycles. The molecule has 1 aromatic heterocycles. The lowest BCUT2D eigenvalue weighted by atomic mass is 9.77. The molecule has 0 bridgehead atoms. The Hall–Kier alpha value is -1.54. The fourth-order valence-corrected chi connectivity index (χ4v) is 2.98. The SMILES string of the molecule is Cc1ccc(C2(C)CCNC2c2ccccc2)o1. The molecule has 1 aliphatic rings. The molecule has 2 aromatic rings. The number of hydrogen-bond acceptors (Lipinski definition) is 2. The number of aryl methyl sites for hydroxylation is 1. The third kappa shape index (κ3) is 1.77. The molecule has 1 N–H and O–H groups in total. The first kappa shape index (κ1) is 11.5. The molecule has 0 radical (unpaired) electrons. The summed E-state index contributed by atoms with van der Waals surface area (Å²) in [6, 6.07) is 15.2. The van der Waals surface area contributed by atoms with Gasteiger partial charge in [0.2, 0.25) is 0 Å². The molecule has 2 heterocycles. The van der Waals surface area contributed by atoms with Gasteiger partial charge in [0.25, 0.3) is 0 Å². The number of benzene rings is 1. The van der Waals surface area contributed by atoms with E-state index in [2.05, 4.69) is 54.7 Å². The Morgan fingerprint density at radius 3 is 2.61 bits per heavy atom. The van der Waals surface area contributed by atoms with Gasteiger partial charge in [-0.3, -0.25) is 0 Å². The molecule has 2 heteroatoms. The first-order chi connectivity index (χ1) is 8.70. The van der Waals surface area contributed by atoms with Gasteiger partial charge in [-0.25, -0.2) is 0 Å². The van der Waals surface area contributed by atoms with Crippen LogP contribution in [-0.4, -0.2) is 6.54 Å². The van der Waals surface area contributed by atoms with Crippen molar-refractivity contribution in [3.63, 3.8) is 0 Å². The minimum absolute atomic E-state index is 0.0512. The molecule has 0 amide bonds. The van der Waals surface area contributed by atoms with Crippen LogP contribution in [0.5, 0.6) is 0 Å². The minimum Gasteiger partial charge on any atom is -0.466 e. The van der Waals surface area contributed by atoms with E-state index in [1.54, 1.807) is 0 Å². The van der Waals surface area contributed by atoms with Crippen molar-refractivity contribution in [3.05, 3.63) is 59.5 Å². The summed E-state index contributed by atoms with van der Waals surface area (Å²) in [4.78, 5) is 0. The Morgan fingerprint density at radius 1 is 1.17 bits per heavy atom. The molecule has 0 spiro atoms. The van der Waals surface area contributed by atoms with Gasteiger partial charge in [-0.15, -0.1) is 0 Å². The van der Waals surface area contributed by atoms with Crippen LogP contribution in [0, 0.1) is 6.92 Å². The van der Waals surface area contributed by atoms with Crippen molar-refractivity contribution in [1.82, 2.24) is 5.32 Å². The van der Waals surface area contributed by atoms with E-state index in [1.807, 2.05) is 6.92 Å². The van der Waals surface area contributed by atoms with E-state index in [0.717, 1.165) is 24.5 Å². The quantitative estimate of drug-likeness (QED) is 0.869. The van der Waals surface area contributed by atoms with Crippen molar-refractivity contribution in [2.24, 2.45) is 0 Å². The summed E-state index contributed by atoms with van der Waals surface area (Å²) in [5.74, 6) is 2.09. The van der Waals surface area contributed by atoms with E-state index >= 15 is 0 Å². The van der Waals surface area contributed by atoms with Gasteiger partial charge in [0.05, 0.1) is 0 Å². The first-order valence-electron chi connectivity index (χ1n) is 6.55. The normalized spacial score (nSPS) is 27.6. The molecule has 1 aliphatic heterocycles. The van der Waals surface area contributed by atoms with Crippen LogP contribution < -0.4 is 5.32 Å². The molecule has 94 valence electrons. The van der Waals surface area contributed by atoms with Crippen LogP contribution in [0.3, 0.4) is 0 Å². The summed E-state index contributed by atoms with van der Waals surface area (Å²) >= 11 is 0. The molecule has 3 rings (SSSR count). The second kappa shape index (κ2) is 4.29. The van der Waals surface area contributed by atoms with Crippen LogP contribution in [0.2, 0.25) is 0 Å². The molecule has 0 saturated carbocycles. The summed E-state index contributed by atoms with van der Waals surface area (Å²) in [7, 11) is 0. The lowest BCUT2D eigenvalue weighted by Crippen LogP contribution is -2.29. The van der Waals surface area contributed by atoms with Crippen LogP contribution in [0.25, 0.3) is 0 Å². The van der Waals surface area contributed by atoms with E-state index in [1.165, 1.54) is 5.56 Å². The highest BCUT2D eigenvalue weighted by Gasteiger charge is 2.43. The van der Waals surface area contributed by atoms with Crippen molar-refractivity contribution < 1.29 is 4.42 Å². The zero-order valence-electron chi connectivity index (χ0n) is 10.9. The summed E-state index contributed by atoms with van der Waals surface area (Å²) in [5, 5.41) is 3.61. The molecule has 1 fully saturated rings. The Labute approximate surface area is 108 Å². The van der Waals surface area contributed by atoms with Crippen molar-refractivity contribution in [2.75, 3.05) is 6.54 Å². The summed E-state index contributed by atoms with van der Waals surface area (Å²) < 4.78 is 5.88. The highest BCUT2D eigenvalue weighted by molar-refractivity contribution is 5.30. The fraction of sp³-hybridized carbons (Fsp3) is 0.375.